The Morgan fingerprint density at radius 1 is 0.727 bits per heavy atom. The highest BCUT2D eigenvalue weighted by Gasteiger charge is 2.29. The maximum Gasteiger partial charge on any atom is 0.111 e. The van der Waals surface area contributed by atoms with Crippen LogP contribution in [0.15, 0.2) is 0 Å². The molecule has 0 aliphatic carbocycles. The van der Waals surface area contributed by atoms with Crippen LogP contribution in [-0.4, -0.2) is 69.6 Å². The molecular weight excluding hydrogens is 286 g/mol. The third-order valence-electron chi connectivity index (χ3n) is 3.89. The van der Waals surface area contributed by atoms with Crippen molar-refractivity contribution < 1.29 is 25.5 Å². The van der Waals surface area contributed by atoms with E-state index in [0.29, 0.717) is 0 Å². The van der Waals surface area contributed by atoms with Crippen LogP contribution in [0.5, 0.6) is 0 Å². The first-order valence-electron chi connectivity index (χ1n) is 8.58. The number of hydrogen-bond donors (Lipinski definition) is 6. The third-order valence-corrected chi connectivity index (χ3v) is 3.89. The Balaban J connectivity index is 3.50. The summed E-state index contributed by atoms with van der Waals surface area (Å²) in [5.41, 5.74) is 0. The largest absolute Gasteiger partial charge is 0.394 e. The zero-order chi connectivity index (χ0) is 16.8. The maximum absolute atomic E-state index is 9.69. The topological polar surface area (TPSA) is 113 Å². The maximum atomic E-state index is 9.69. The van der Waals surface area contributed by atoms with Gasteiger partial charge in [-0.05, 0) is 13.0 Å². The van der Waals surface area contributed by atoms with Gasteiger partial charge < -0.3 is 30.8 Å². The molecule has 0 aromatic carbocycles. The molecule has 0 heterocycles. The second kappa shape index (κ2) is 14.4. The van der Waals surface area contributed by atoms with E-state index in [1.807, 2.05) is 0 Å². The monoisotopic (exact) mass is 321 g/mol. The SMILES string of the molecule is CCCCCCCCCCNC[C@H](O)[C@@H](O)[C@H](O)[C@H](O)CO. The number of aliphatic hydroxyl groups is 5. The van der Waals surface area contributed by atoms with E-state index in [1.165, 1.54) is 38.5 Å². The van der Waals surface area contributed by atoms with Crippen molar-refractivity contribution in [1.29, 1.82) is 0 Å². The molecule has 0 saturated carbocycles. The van der Waals surface area contributed by atoms with Crippen LogP contribution in [-0.2, 0) is 0 Å². The first kappa shape index (κ1) is 21.8. The standard InChI is InChI=1S/C16H35NO5/c1-2-3-4-5-6-7-8-9-10-17-11-13(19)15(21)16(22)14(20)12-18/h13-22H,2-12H2,1H3/t13-,14+,15+,16+/m0/s1. The Morgan fingerprint density at radius 3 is 1.77 bits per heavy atom. The van der Waals surface area contributed by atoms with Crippen molar-refractivity contribution in [2.24, 2.45) is 0 Å². The molecule has 0 unspecified atom stereocenters. The molecule has 0 aromatic rings. The van der Waals surface area contributed by atoms with Crippen molar-refractivity contribution >= 4 is 0 Å². The molecule has 4 atom stereocenters. The van der Waals surface area contributed by atoms with Gasteiger partial charge >= 0.3 is 0 Å². The Hall–Kier alpha value is -0.240. The highest BCUT2D eigenvalue weighted by atomic mass is 16.4. The normalized spacial score (nSPS) is 17.2. The van der Waals surface area contributed by atoms with Crippen molar-refractivity contribution in [1.82, 2.24) is 5.32 Å². The molecule has 6 nitrogen and oxygen atoms in total. The summed E-state index contributed by atoms with van der Waals surface area (Å²) in [6.07, 6.45) is 4.20. The summed E-state index contributed by atoms with van der Waals surface area (Å²) in [6, 6.07) is 0. The lowest BCUT2D eigenvalue weighted by atomic mass is 10.0. The minimum atomic E-state index is -1.55. The molecule has 6 heteroatoms. The summed E-state index contributed by atoms with van der Waals surface area (Å²) in [6.45, 7) is 2.45. The Labute approximate surface area is 134 Å². The number of nitrogens with one attached hydrogen (secondary N) is 1. The summed E-state index contributed by atoms with van der Waals surface area (Å²) < 4.78 is 0. The second-order valence-corrected chi connectivity index (χ2v) is 5.98. The molecule has 6 N–H and O–H groups in total. The highest BCUT2D eigenvalue weighted by Crippen LogP contribution is 2.08. The van der Waals surface area contributed by atoms with Crippen LogP contribution in [0.25, 0.3) is 0 Å². The van der Waals surface area contributed by atoms with Gasteiger partial charge in [-0.15, -0.1) is 0 Å². The second-order valence-electron chi connectivity index (χ2n) is 5.98. The van der Waals surface area contributed by atoms with Gasteiger partial charge in [0.15, 0.2) is 0 Å². The first-order chi connectivity index (χ1) is 10.5. The van der Waals surface area contributed by atoms with Gasteiger partial charge in [0.05, 0.1) is 12.7 Å². The predicted molar refractivity (Wildman–Crippen MR) is 86.6 cm³/mol. The lowest BCUT2D eigenvalue weighted by Gasteiger charge is -2.25. The quantitative estimate of drug-likeness (QED) is 0.239. The van der Waals surface area contributed by atoms with Gasteiger partial charge in [-0.3, -0.25) is 0 Å². The number of aliphatic hydroxyl groups excluding tert-OH is 5. The Bertz CT molecular complexity index is 243. The van der Waals surface area contributed by atoms with Crippen LogP contribution in [0.1, 0.15) is 58.3 Å². The molecule has 22 heavy (non-hydrogen) atoms. The van der Waals surface area contributed by atoms with E-state index in [4.69, 9.17) is 5.11 Å². The average molecular weight is 321 g/mol. The average Bonchev–Trinajstić information content (AvgIpc) is 2.54. The fourth-order valence-electron chi connectivity index (χ4n) is 2.32. The molecular formula is C16H35NO5. The third kappa shape index (κ3) is 10.5. The molecule has 0 aromatic heterocycles. The number of rotatable bonds is 15. The van der Waals surface area contributed by atoms with E-state index < -0.39 is 31.0 Å². The van der Waals surface area contributed by atoms with Crippen LogP contribution in [0.2, 0.25) is 0 Å². The van der Waals surface area contributed by atoms with Crippen molar-refractivity contribution in [3.8, 4) is 0 Å². The number of unbranched alkanes of at least 4 members (excludes halogenated alkanes) is 7. The van der Waals surface area contributed by atoms with E-state index in [0.717, 1.165) is 19.4 Å². The molecule has 0 fully saturated rings. The van der Waals surface area contributed by atoms with Crippen molar-refractivity contribution in [2.45, 2.75) is 82.7 Å². The smallest absolute Gasteiger partial charge is 0.111 e. The van der Waals surface area contributed by atoms with E-state index in [-0.39, 0.29) is 6.54 Å². The molecule has 0 amide bonds. The van der Waals surface area contributed by atoms with Gasteiger partial charge in [0.1, 0.15) is 18.3 Å². The molecule has 0 aliphatic rings. The summed E-state index contributed by atoms with van der Waals surface area (Å²) in [5.74, 6) is 0. The van der Waals surface area contributed by atoms with Crippen LogP contribution in [0, 0.1) is 0 Å². The van der Waals surface area contributed by atoms with Gasteiger partial charge in [-0.1, -0.05) is 51.9 Å². The van der Waals surface area contributed by atoms with Gasteiger partial charge in [-0.2, -0.15) is 0 Å². The van der Waals surface area contributed by atoms with Gasteiger partial charge in [0, 0.05) is 6.54 Å². The molecule has 0 saturated heterocycles. The number of hydrogen-bond acceptors (Lipinski definition) is 6. The van der Waals surface area contributed by atoms with Crippen molar-refractivity contribution in [3.63, 3.8) is 0 Å². The minimum Gasteiger partial charge on any atom is -0.394 e. The van der Waals surface area contributed by atoms with Gasteiger partial charge in [-0.25, -0.2) is 0 Å². The molecule has 134 valence electrons. The first-order valence-corrected chi connectivity index (χ1v) is 8.58. The fourth-order valence-corrected chi connectivity index (χ4v) is 2.32. The summed E-state index contributed by atoms with van der Waals surface area (Å²) in [7, 11) is 0. The zero-order valence-corrected chi connectivity index (χ0v) is 13.8. The van der Waals surface area contributed by atoms with Gasteiger partial charge in [0.2, 0.25) is 0 Å². The molecule has 0 radical (unpaired) electrons. The Kier molecular flexibility index (Phi) is 14.2. The minimum absolute atomic E-state index is 0.146. The van der Waals surface area contributed by atoms with E-state index in [2.05, 4.69) is 12.2 Å². The summed E-state index contributed by atoms with van der Waals surface area (Å²) in [5, 5.41) is 49.7. The summed E-state index contributed by atoms with van der Waals surface area (Å²) >= 11 is 0. The predicted octanol–water partition coefficient (Wildman–Crippen LogP) is 0.153. The zero-order valence-electron chi connectivity index (χ0n) is 13.8. The lowest BCUT2D eigenvalue weighted by molar-refractivity contribution is -0.113. The molecule has 0 rings (SSSR count). The van der Waals surface area contributed by atoms with Crippen molar-refractivity contribution in [3.05, 3.63) is 0 Å². The van der Waals surface area contributed by atoms with E-state index >= 15 is 0 Å². The fraction of sp³-hybridized carbons (Fsp3) is 1.00. The highest BCUT2D eigenvalue weighted by molar-refractivity contribution is 4.81. The Morgan fingerprint density at radius 2 is 1.23 bits per heavy atom. The van der Waals surface area contributed by atoms with Crippen LogP contribution >= 0.6 is 0 Å². The lowest BCUT2D eigenvalue weighted by Crippen LogP contribution is -2.49. The molecule has 0 spiro atoms. The van der Waals surface area contributed by atoms with Crippen LogP contribution in [0.4, 0.5) is 0 Å². The van der Waals surface area contributed by atoms with E-state index in [9.17, 15) is 20.4 Å². The van der Waals surface area contributed by atoms with Crippen LogP contribution in [0.3, 0.4) is 0 Å². The van der Waals surface area contributed by atoms with Crippen LogP contribution < -0.4 is 5.32 Å². The molecule has 0 aliphatic heterocycles. The van der Waals surface area contributed by atoms with Gasteiger partial charge in [0.25, 0.3) is 0 Å². The van der Waals surface area contributed by atoms with E-state index in [1.54, 1.807) is 0 Å². The summed E-state index contributed by atoms with van der Waals surface area (Å²) in [4.78, 5) is 0. The molecule has 0 bridgehead atoms. The van der Waals surface area contributed by atoms with Crippen molar-refractivity contribution in [2.75, 3.05) is 19.7 Å².